The number of ether oxygens (including phenoxy) is 2. The fraction of sp³-hybridized carbons (Fsp3) is 0.423. The molecule has 0 fully saturated rings. The van der Waals surface area contributed by atoms with E-state index < -0.39 is 31.4 Å². The zero-order valence-corrected chi connectivity index (χ0v) is 21.7. The van der Waals surface area contributed by atoms with Crippen LogP contribution in [0.5, 0.6) is 0 Å². The lowest BCUT2D eigenvalue weighted by Crippen LogP contribution is -2.43. The highest BCUT2D eigenvalue weighted by atomic mass is 32.2. The molecule has 0 saturated carbocycles. The van der Waals surface area contributed by atoms with Crippen LogP contribution in [0.4, 0.5) is 11.4 Å². The molecule has 2 aromatic carbocycles. The first-order valence-electron chi connectivity index (χ1n) is 12.0. The largest absolute Gasteiger partial charge is 0.378 e. The molecule has 2 aromatic rings. The van der Waals surface area contributed by atoms with Crippen molar-refractivity contribution >= 4 is 27.3 Å². The van der Waals surface area contributed by atoms with Gasteiger partial charge >= 0.3 is 0 Å². The molecule has 37 heavy (non-hydrogen) atoms. The van der Waals surface area contributed by atoms with E-state index in [1.54, 1.807) is 17.9 Å². The van der Waals surface area contributed by atoms with Gasteiger partial charge < -0.3 is 14.4 Å². The number of terminal acetylenes is 1. The molecule has 2 atom stereocenters. The van der Waals surface area contributed by atoms with Gasteiger partial charge in [0.25, 0.3) is 5.69 Å². The fourth-order valence-corrected chi connectivity index (χ4v) is 5.78. The first-order valence-corrected chi connectivity index (χ1v) is 13.5. The van der Waals surface area contributed by atoms with Gasteiger partial charge in [-0.3, -0.25) is 14.9 Å². The lowest BCUT2D eigenvalue weighted by Gasteiger charge is -2.39. The second kappa shape index (κ2) is 12.8. The van der Waals surface area contributed by atoms with Gasteiger partial charge in [-0.05, 0) is 31.0 Å². The summed E-state index contributed by atoms with van der Waals surface area (Å²) in [5.41, 5.74) is 1.24. The Hall–Kier alpha value is -3.30. The Bertz CT molecular complexity index is 1270. The molecule has 0 bridgehead atoms. The zero-order valence-electron chi connectivity index (χ0n) is 20.9. The Morgan fingerprint density at radius 1 is 1.16 bits per heavy atom. The lowest BCUT2D eigenvalue weighted by atomic mass is 9.80. The molecule has 0 aliphatic carbocycles. The van der Waals surface area contributed by atoms with E-state index in [4.69, 9.17) is 15.9 Å². The number of para-hydroxylation sites is 2. The SMILES string of the molecule is C#CCOCCOCCNS(=O)(=O)c1cccc(C2CC(C)N(C(=O)CC)c3ccccc32)c1[N+](=O)[O-]. The lowest BCUT2D eigenvalue weighted by molar-refractivity contribution is -0.388. The van der Waals surface area contributed by atoms with Gasteiger partial charge in [-0.15, -0.1) is 6.42 Å². The van der Waals surface area contributed by atoms with Crippen LogP contribution in [0.2, 0.25) is 0 Å². The van der Waals surface area contributed by atoms with Crippen molar-refractivity contribution in [2.24, 2.45) is 0 Å². The zero-order chi connectivity index (χ0) is 27.0. The van der Waals surface area contributed by atoms with Crippen LogP contribution in [0.15, 0.2) is 47.4 Å². The molecule has 1 amide bonds. The summed E-state index contributed by atoms with van der Waals surface area (Å²) in [6.07, 6.45) is 5.82. The number of amides is 1. The quantitative estimate of drug-likeness (QED) is 0.194. The van der Waals surface area contributed by atoms with Crippen LogP contribution in [0.25, 0.3) is 0 Å². The number of anilines is 1. The third kappa shape index (κ3) is 6.53. The molecule has 0 aromatic heterocycles. The molecule has 1 aliphatic rings. The van der Waals surface area contributed by atoms with Crippen LogP contribution >= 0.6 is 0 Å². The van der Waals surface area contributed by atoms with Crippen molar-refractivity contribution in [1.82, 2.24) is 4.72 Å². The van der Waals surface area contributed by atoms with Gasteiger partial charge in [-0.25, -0.2) is 13.1 Å². The van der Waals surface area contributed by atoms with Crippen LogP contribution in [0.3, 0.4) is 0 Å². The molecule has 3 rings (SSSR count). The number of nitrogens with zero attached hydrogens (tertiary/aromatic N) is 2. The number of carbonyl (C=O) groups excluding carboxylic acids is 1. The summed E-state index contributed by atoms with van der Waals surface area (Å²) in [4.78, 5) is 25.6. The number of nitro groups is 1. The standard InChI is InChI=1S/C26H31N3O7S/c1-4-14-35-16-17-36-15-13-27-37(33,34)24-12-8-10-21(26(24)29(31)32)22-18-19(3)28(25(30)5-2)23-11-7-6-9-20(22)23/h1,6-12,19,22,27H,5,13-18H2,2-3H3. The predicted octanol–water partition coefficient (Wildman–Crippen LogP) is 3.21. The van der Waals surface area contributed by atoms with Gasteiger partial charge in [-0.1, -0.05) is 43.2 Å². The van der Waals surface area contributed by atoms with Gasteiger partial charge in [0.2, 0.25) is 15.9 Å². The minimum absolute atomic E-state index is 0.0433. The van der Waals surface area contributed by atoms with Gasteiger partial charge in [0.05, 0.1) is 24.7 Å². The van der Waals surface area contributed by atoms with Gasteiger partial charge in [0, 0.05) is 36.2 Å². The Balaban J connectivity index is 1.89. The Morgan fingerprint density at radius 2 is 1.86 bits per heavy atom. The normalized spacial score (nSPS) is 17.2. The molecule has 0 saturated heterocycles. The number of benzene rings is 2. The van der Waals surface area contributed by atoms with Crippen molar-refractivity contribution in [3.63, 3.8) is 0 Å². The predicted molar refractivity (Wildman–Crippen MR) is 139 cm³/mol. The van der Waals surface area contributed by atoms with Crippen LogP contribution < -0.4 is 9.62 Å². The minimum atomic E-state index is -4.21. The van der Waals surface area contributed by atoms with E-state index in [0.717, 1.165) is 5.56 Å². The number of sulfonamides is 1. The average molecular weight is 530 g/mol. The van der Waals surface area contributed by atoms with E-state index in [1.807, 2.05) is 31.2 Å². The van der Waals surface area contributed by atoms with Gasteiger partial charge in [0.1, 0.15) is 6.61 Å². The summed E-state index contributed by atoms with van der Waals surface area (Å²) in [5.74, 6) is 1.82. The van der Waals surface area contributed by atoms with Crippen molar-refractivity contribution in [1.29, 1.82) is 0 Å². The molecular formula is C26H31N3O7S. The summed E-state index contributed by atoms with van der Waals surface area (Å²) in [6.45, 7) is 4.32. The van der Waals surface area contributed by atoms with E-state index in [1.165, 1.54) is 12.1 Å². The molecule has 10 nitrogen and oxygen atoms in total. The Morgan fingerprint density at radius 3 is 2.57 bits per heavy atom. The van der Waals surface area contributed by atoms with Gasteiger partial charge in [-0.2, -0.15) is 0 Å². The average Bonchev–Trinajstić information content (AvgIpc) is 2.88. The second-order valence-corrected chi connectivity index (χ2v) is 10.3. The molecule has 1 aliphatic heterocycles. The summed E-state index contributed by atoms with van der Waals surface area (Å²) in [6, 6.07) is 11.4. The van der Waals surface area contributed by atoms with Crippen molar-refractivity contribution in [3.8, 4) is 12.3 Å². The molecule has 1 heterocycles. The second-order valence-electron chi connectivity index (χ2n) is 8.53. The van der Waals surface area contributed by atoms with Crippen LogP contribution in [0.1, 0.15) is 43.7 Å². The van der Waals surface area contributed by atoms with E-state index in [2.05, 4.69) is 10.6 Å². The highest BCUT2D eigenvalue weighted by Crippen LogP contribution is 2.46. The number of rotatable bonds is 12. The summed E-state index contributed by atoms with van der Waals surface area (Å²) < 4.78 is 38.9. The smallest absolute Gasteiger partial charge is 0.293 e. The molecule has 11 heteroatoms. The summed E-state index contributed by atoms with van der Waals surface area (Å²) in [7, 11) is -4.21. The highest BCUT2D eigenvalue weighted by molar-refractivity contribution is 7.89. The molecule has 0 radical (unpaired) electrons. The number of hydrogen-bond donors (Lipinski definition) is 1. The van der Waals surface area contributed by atoms with Crippen molar-refractivity contribution in [3.05, 3.63) is 63.7 Å². The molecule has 2 unspecified atom stereocenters. The third-order valence-electron chi connectivity index (χ3n) is 6.13. The number of nitrogens with one attached hydrogen (secondary N) is 1. The van der Waals surface area contributed by atoms with Crippen LogP contribution in [-0.2, 0) is 24.3 Å². The molecule has 1 N–H and O–H groups in total. The van der Waals surface area contributed by atoms with Gasteiger partial charge in [0.15, 0.2) is 4.90 Å². The summed E-state index contributed by atoms with van der Waals surface area (Å²) in [5, 5.41) is 12.2. The van der Waals surface area contributed by atoms with E-state index in [-0.39, 0.29) is 50.5 Å². The monoisotopic (exact) mass is 529 g/mol. The highest BCUT2D eigenvalue weighted by Gasteiger charge is 2.38. The number of carbonyl (C=O) groups is 1. The Labute approximate surface area is 217 Å². The van der Waals surface area contributed by atoms with Crippen molar-refractivity contribution in [2.75, 3.05) is 37.9 Å². The first-order chi connectivity index (χ1) is 17.7. The maximum Gasteiger partial charge on any atom is 0.293 e. The fourth-order valence-electron chi connectivity index (χ4n) is 4.57. The van der Waals surface area contributed by atoms with Crippen molar-refractivity contribution < 1.29 is 27.6 Å². The Kier molecular flexibility index (Phi) is 9.77. The van der Waals surface area contributed by atoms with E-state index in [0.29, 0.717) is 18.5 Å². The van der Waals surface area contributed by atoms with Crippen LogP contribution in [-0.4, -0.2) is 58.3 Å². The summed E-state index contributed by atoms with van der Waals surface area (Å²) >= 11 is 0. The molecule has 198 valence electrons. The van der Waals surface area contributed by atoms with E-state index in [9.17, 15) is 23.3 Å². The van der Waals surface area contributed by atoms with Crippen molar-refractivity contribution in [2.45, 2.75) is 43.5 Å². The number of fused-ring (bicyclic) bond motifs is 1. The van der Waals surface area contributed by atoms with E-state index >= 15 is 0 Å². The number of hydrogen-bond acceptors (Lipinski definition) is 7. The minimum Gasteiger partial charge on any atom is -0.378 e. The topological polar surface area (TPSA) is 128 Å². The molecule has 0 spiro atoms. The third-order valence-corrected chi connectivity index (χ3v) is 7.63. The maximum absolute atomic E-state index is 13.1. The maximum atomic E-state index is 13.1. The first kappa shape index (κ1) is 28.3. The number of nitro benzene ring substituents is 1. The van der Waals surface area contributed by atoms with Crippen LogP contribution in [0, 0.1) is 22.5 Å². The molecular weight excluding hydrogens is 498 g/mol.